The van der Waals surface area contributed by atoms with Gasteiger partial charge in [0.1, 0.15) is 0 Å². The van der Waals surface area contributed by atoms with Crippen LogP contribution in [-0.4, -0.2) is 37.5 Å². The van der Waals surface area contributed by atoms with E-state index in [1.807, 2.05) is 7.05 Å². The highest BCUT2D eigenvalue weighted by molar-refractivity contribution is 5.79. The van der Waals surface area contributed by atoms with Gasteiger partial charge in [-0.05, 0) is 36.7 Å². The first-order chi connectivity index (χ1) is 10.2. The zero-order chi connectivity index (χ0) is 15.1. The minimum atomic E-state index is 0.650. The number of aliphatic imine (C=N–C) groups is 1. The Hall–Kier alpha value is -1.51. The molecule has 0 aliphatic carbocycles. The number of guanidine groups is 1. The predicted octanol–water partition coefficient (Wildman–Crippen LogP) is 3.17. The predicted molar refractivity (Wildman–Crippen MR) is 90.6 cm³/mol. The van der Waals surface area contributed by atoms with Crippen LogP contribution in [0.15, 0.2) is 35.3 Å². The van der Waals surface area contributed by atoms with Gasteiger partial charge in [-0.15, -0.1) is 0 Å². The summed E-state index contributed by atoms with van der Waals surface area (Å²) in [5.41, 5.74) is 1.47. The van der Waals surface area contributed by atoms with E-state index in [4.69, 9.17) is 0 Å². The molecule has 0 spiro atoms. The zero-order valence-corrected chi connectivity index (χ0v) is 13.7. The molecule has 1 N–H and O–H groups in total. The summed E-state index contributed by atoms with van der Waals surface area (Å²) in [6, 6.07) is 10.9. The molecule has 1 aromatic carbocycles. The number of benzene rings is 1. The first-order valence-electron chi connectivity index (χ1n) is 8.18. The SMILES string of the molecule is CN=C(NCC(C)C)N1CCC(Cc2ccccc2)CC1. The highest BCUT2D eigenvalue weighted by atomic mass is 15.3. The van der Waals surface area contributed by atoms with E-state index < -0.39 is 0 Å². The van der Waals surface area contributed by atoms with E-state index in [1.165, 1.54) is 24.8 Å². The van der Waals surface area contributed by atoms with Gasteiger partial charge < -0.3 is 10.2 Å². The second kappa shape index (κ2) is 8.06. The van der Waals surface area contributed by atoms with Gasteiger partial charge >= 0.3 is 0 Å². The van der Waals surface area contributed by atoms with Crippen LogP contribution < -0.4 is 5.32 Å². The van der Waals surface area contributed by atoms with Crippen LogP contribution in [0.1, 0.15) is 32.3 Å². The Bertz CT molecular complexity index is 431. The lowest BCUT2D eigenvalue weighted by molar-refractivity contribution is 0.258. The van der Waals surface area contributed by atoms with Crippen LogP contribution in [0.4, 0.5) is 0 Å². The van der Waals surface area contributed by atoms with Crippen molar-refractivity contribution in [3.63, 3.8) is 0 Å². The molecular formula is C18H29N3. The van der Waals surface area contributed by atoms with Gasteiger partial charge in [-0.3, -0.25) is 4.99 Å². The quantitative estimate of drug-likeness (QED) is 0.680. The second-order valence-corrected chi connectivity index (χ2v) is 6.44. The summed E-state index contributed by atoms with van der Waals surface area (Å²) in [7, 11) is 1.89. The molecule has 3 nitrogen and oxygen atoms in total. The molecule has 0 amide bonds. The lowest BCUT2D eigenvalue weighted by Gasteiger charge is -2.34. The van der Waals surface area contributed by atoms with Crippen molar-refractivity contribution >= 4 is 5.96 Å². The average molecular weight is 287 g/mol. The second-order valence-electron chi connectivity index (χ2n) is 6.44. The maximum Gasteiger partial charge on any atom is 0.193 e. The third-order valence-corrected chi connectivity index (χ3v) is 4.16. The first kappa shape index (κ1) is 15.9. The standard InChI is InChI=1S/C18H29N3/c1-15(2)14-20-18(19-3)21-11-9-17(10-12-21)13-16-7-5-4-6-8-16/h4-8,15,17H,9-14H2,1-3H3,(H,19,20). The van der Waals surface area contributed by atoms with Gasteiger partial charge in [0.15, 0.2) is 5.96 Å². The van der Waals surface area contributed by atoms with Crippen molar-refractivity contribution in [1.82, 2.24) is 10.2 Å². The molecule has 1 heterocycles. The fraction of sp³-hybridized carbons (Fsp3) is 0.611. The van der Waals surface area contributed by atoms with Crippen molar-refractivity contribution in [1.29, 1.82) is 0 Å². The minimum absolute atomic E-state index is 0.650. The summed E-state index contributed by atoms with van der Waals surface area (Å²) >= 11 is 0. The summed E-state index contributed by atoms with van der Waals surface area (Å²) in [4.78, 5) is 6.83. The van der Waals surface area contributed by atoms with Crippen molar-refractivity contribution in [3.05, 3.63) is 35.9 Å². The highest BCUT2D eigenvalue weighted by Crippen LogP contribution is 2.21. The van der Waals surface area contributed by atoms with Gasteiger partial charge in [0.2, 0.25) is 0 Å². The summed E-state index contributed by atoms with van der Waals surface area (Å²) in [5.74, 6) is 2.53. The third-order valence-electron chi connectivity index (χ3n) is 4.16. The van der Waals surface area contributed by atoms with Crippen molar-refractivity contribution in [2.45, 2.75) is 33.1 Å². The fourth-order valence-corrected chi connectivity index (χ4v) is 2.92. The van der Waals surface area contributed by atoms with Crippen LogP contribution in [0.5, 0.6) is 0 Å². The van der Waals surface area contributed by atoms with E-state index >= 15 is 0 Å². The molecule has 1 fully saturated rings. The molecule has 0 saturated carbocycles. The summed E-state index contributed by atoms with van der Waals surface area (Å²) in [6.45, 7) is 7.69. The van der Waals surface area contributed by atoms with E-state index in [0.717, 1.165) is 31.5 Å². The number of piperidine rings is 1. The fourth-order valence-electron chi connectivity index (χ4n) is 2.92. The molecular weight excluding hydrogens is 258 g/mol. The zero-order valence-electron chi connectivity index (χ0n) is 13.7. The Morgan fingerprint density at radius 3 is 2.48 bits per heavy atom. The minimum Gasteiger partial charge on any atom is -0.356 e. The van der Waals surface area contributed by atoms with Gasteiger partial charge in [0.05, 0.1) is 0 Å². The topological polar surface area (TPSA) is 27.6 Å². The van der Waals surface area contributed by atoms with E-state index in [0.29, 0.717) is 5.92 Å². The van der Waals surface area contributed by atoms with Crippen LogP contribution in [0.25, 0.3) is 0 Å². The number of nitrogens with one attached hydrogen (secondary N) is 1. The van der Waals surface area contributed by atoms with Crippen molar-refractivity contribution in [2.24, 2.45) is 16.8 Å². The number of hydrogen-bond acceptors (Lipinski definition) is 1. The van der Waals surface area contributed by atoms with Crippen molar-refractivity contribution in [3.8, 4) is 0 Å². The van der Waals surface area contributed by atoms with Gasteiger partial charge in [-0.2, -0.15) is 0 Å². The Kier molecular flexibility index (Phi) is 6.09. The van der Waals surface area contributed by atoms with Crippen molar-refractivity contribution < 1.29 is 0 Å². The highest BCUT2D eigenvalue weighted by Gasteiger charge is 2.21. The van der Waals surface area contributed by atoms with Crippen LogP contribution in [0.3, 0.4) is 0 Å². The van der Waals surface area contributed by atoms with Crippen LogP contribution >= 0.6 is 0 Å². The lowest BCUT2D eigenvalue weighted by Crippen LogP contribution is -2.46. The molecule has 116 valence electrons. The molecule has 1 aromatic rings. The Labute approximate surface area is 129 Å². The van der Waals surface area contributed by atoms with E-state index in [2.05, 4.69) is 59.4 Å². The molecule has 1 saturated heterocycles. The summed E-state index contributed by atoms with van der Waals surface area (Å²) in [5, 5.41) is 3.48. The number of nitrogens with zero attached hydrogens (tertiary/aromatic N) is 2. The van der Waals surface area contributed by atoms with Crippen LogP contribution in [-0.2, 0) is 6.42 Å². The van der Waals surface area contributed by atoms with Crippen molar-refractivity contribution in [2.75, 3.05) is 26.7 Å². The number of rotatable bonds is 4. The third kappa shape index (κ3) is 5.07. The molecule has 2 rings (SSSR count). The molecule has 0 bridgehead atoms. The Morgan fingerprint density at radius 1 is 1.24 bits per heavy atom. The number of likely N-dealkylation sites (tertiary alicyclic amines) is 1. The normalized spacial score (nSPS) is 17.3. The molecule has 0 atom stereocenters. The average Bonchev–Trinajstić information content (AvgIpc) is 2.50. The van der Waals surface area contributed by atoms with E-state index in [-0.39, 0.29) is 0 Å². The largest absolute Gasteiger partial charge is 0.356 e. The van der Waals surface area contributed by atoms with Crippen LogP contribution in [0, 0.1) is 11.8 Å². The lowest BCUT2D eigenvalue weighted by atomic mass is 9.90. The molecule has 3 heteroatoms. The van der Waals surface area contributed by atoms with Gasteiger partial charge in [-0.25, -0.2) is 0 Å². The van der Waals surface area contributed by atoms with Gasteiger partial charge in [0, 0.05) is 26.7 Å². The van der Waals surface area contributed by atoms with Gasteiger partial charge in [0.25, 0.3) is 0 Å². The Morgan fingerprint density at radius 2 is 1.90 bits per heavy atom. The van der Waals surface area contributed by atoms with E-state index in [1.54, 1.807) is 0 Å². The molecule has 1 aliphatic heterocycles. The van der Waals surface area contributed by atoms with Crippen LogP contribution in [0.2, 0.25) is 0 Å². The maximum absolute atomic E-state index is 4.42. The summed E-state index contributed by atoms with van der Waals surface area (Å²) in [6.07, 6.45) is 3.74. The van der Waals surface area contributed by atoms with E-state index in [9.17, 15) is 0 Å². The number of hydrogen-bond donors (Lipinski definition) is 1. The molecule has 0 aromatic heterocycles. The molecule has 21 heavy (non-hydrogen) atoms. The molecule has 0 radical (unpaired) electrons. The molecule has 1 aliphatic rings. The Balaban J connectivity index is 1.79. The first-order valence-corrected chi connectivity index (χ1v) is 8.18. The maximum atomic E-state index is 4.42. The van der Waals surface area contributed by atoms with Gasteiger partial charge in [-0.1, -0.05) is 44.2 Å². The summed E-state index contributed by atoms with van der Waals surface area (Å²) < 4.78 is 0. The smallest absolute Gasteiger partial charge is 0.193 e. The monoisotopic (exact) mass is 287 g/mol. The molecule has 0 unspecified atom stereocenters.